The molecule has 0 aromatic heterocycles. The highest BCUT2D eigenvalue weighted by Gasteiger charge is 2.20. The maximum absolute atomic E-state index is 5.62. The molecule has 2 rings (SSSR count). The molecule has 1 aromatic carbocycles. The molecule has 0 aliphatic heterocycles. The fourth-order valence-corrected chi connectivity index (χ4v) is 2.59. The van der Waals surface area contributed by atoms with Crippen molar-refractivity contribution >= 4 is 15.9 Å². The van der Waals surface area contributed by atoms with Gasteiger partial charge in [0.25, 0.3) is 0 Å². The number of rotatable bonds is 8. The molecule has 0 bridgehead atoms. The van der Waals surface area contributed by atoms with Crippen molar-refractivity contribution in [3.63, 3.8) is 0 Å². The average molecular weight is 312 g/mol. The van der Waals surface area contributed by atoms with Crippen LogP contribution in [-0.4, -0.2) is 19.8 Å². The Kier molecular flexibility index (Phi) is 5.67. The van der Waals surface area contributed by atoms with E-state index in [1.54, 1.807) is 0 Å². The van der Waals surface area contributed by atoms with Crippen LogP contribution in [-0.2, 0) is 4.74 Å². The lowest BCUT2D eigenvalue weighted by Crippen LogP contribution is -2.21. The zero-order valence-electron chi connectivity index (χ0n) is 11.0. The van der Waals surface area contributed by atoms with E-state index >= 15 is 0 Å². The van der Waals surface area contributed by atoms with E-state index in [1.807, 2.05) is 6.07 Å². The monoisotopic (exact) mass is 311 g/mol. The molecule has 1 aliphatic carbocycles. The molecule has 0 radical (unpaired) electrons. The van der Waals surface area contributed by atoms with Crippen molar-refractivity contribution in [2.45, 2.75) is 32.2 Å². The molecule has 2 nitrogen and oxygen atoms in total. The number of benzene rings is 1. The molecule has 1 aromatic rings. The Morgan fingerprint density at radius 2 is 2.17 bits per heavy atom. The largest absolute Gasteiger partial charge is 0.381 e. The van der Waals surface area contributed by atoms with Crippen molar-refractivity contribution in [2.24, 2.45) is 5.92 Å². The fraction of sp³-hybridized carbons (Fsp3) is 0.600. The van der Waals surface area contributed by atoms with Crippen LogP contribution >= 0.6 is 15.9 Å². The molecule has 0 heterocycles. The third kappa shape index (κ3) is 4.71. The van der Waals surface area contributed by atoms with E-state index in [0.717, 1.165) is 32.1 Å². The van der Waals surface area contributed by atoms with Gasteiger partial charge in [0, 0.05) is 23.7 Å². The number of hydrogen-bond acceptors (Lipinski definition) is 2. The minimum absolute atomic E-state index is 0.379. The molecule has 1 N–H and O–H groups in total. The summed E-state index contributed by atoms with van der Waals surface area (Å²) in [6.45, 7) is 5.06. The molecule has 100 valence electrons. The molecule has 0 saturated heterocycles. The summed E-state index contributed by atoms with van der Waals surface area (Å²) in [5.74, 6) is 0.872. The summed E-state index contributed by atoms with van der Waals surface area (Å²) in [5.41, 5.74) is 1.32. The van der Waals surface area contributed by atoms with Crippen LogP contribution < -0.4 is 5.32 Å². The van der Waals surface area contributed by atoms with Crippen molar-refractivity contribution in [3.05, 3.63) is 34.3 Å². The van der Waals surface area contributed by atoms with Crippen molar-refractivity contribution in [3.8, 4) is 0 Å². The minimum Gasteiger partial charge on any atom is -0.381 e. The number of hydrogen-bond donors (Lipinski definition) is 1. The zero-order valence-corrected chi connectivity index (χ0v) is 12.6. The Hall–Kier alpha value is -0.380. The molecule has 3 heteroatoms. The third-order valence-corrected chi connectivity index (χ3v) is 4.06. The molecule has 0 spiro atoms. The highest BCUT2D eigenvalue weighted by atomic mass is 79.9. The summed E-state index contributed by atoms with van der Waals surface area (Å²) in [7, 11) is 0. The third-order valence-electron chi connectivity index (χ3n) is 3.34. The van der Waals surface area contributed by atoms with E-state index in [9.17, 15) is 0 Å². The van der Waals surface area contributed by atoms with Crippen LogP contribution in [0.5, 0.6) is 0 Å². The van der Waals surface area contributed by atoms with E-state index in [-0.39, 0.29) is 0 Å². The van der Waals surface area contributed by atoms with Gasteiger partial charge in [0.2, 0.25) is 0 Å². The Balaban J connectivity index is 1.59. The molecule has 0 amide bonds. The Labute approximate surface area is 118 Å². The molecule has 1 fully saturated rings. The SMILES string of the molecule is CC(NCCCOCC1CC1)c1ccccc1Br. The maximum Gasteiger partial charge on any atom is 0.0494 e. The predicted molar refractivity (Wildman–Crippen MR) is 78.7 cm³/mol. The second kappa shape index (κ2) is 7.27. The van der Waals surface area contributed by atoms with Crippen molar-refractivity contribution in [1.29, 1.82) is 0 Å². The Bertz CT molecular complexity index is 365. The van der Waals surface area contributed by atoms with E-state index in [2.05, 4.69) is 46.4 Å². The minimum atomic E-state index is 0.379. The molecular weight excluding hydrogens is 290 g/mol. The summed E-state index contributed by atoms with van der Waals surface area (Å²) < 4.78 is 6.80. The van der Waals surface area contributed by atoms with E-state index < -0.39 is 0 Å². The van der Waals surface area contributed by atoms with Gasteiger partial charge >= 0.3 is 0 Å². The van der Waals surface area contributed by atoms with Gasteiger partial charge in [-0.25, -0.2) is 0 Å². The molecule has 1 unspecified atom stereocenters. The predicted octanol–water partition coefficient (Wildman–Crippen LogP) is 3.92. The van der Waals surface area contributed by atoms with Crippen molar-refractivity contribution in [1.82, 2.24) is 5.32 Å². The maximum atomic E-state index is 5.62. The normalized spacial score (nSPS) is 16.8. The molecule has 1 aliphatic rings. The van der Waals surface area contributed by atoms with Crippen LogP contribution in [0.15, 0.2) is 28.7 Å². The first-order valence-corrected chi connectivity index (χ1v) is 7.62. The van der Waals surface area contributed by atoms with Crippen molar-refractivity contribution in [2.75, 3.05) is 19.8 Å². The molecule has 1 saturated carbocycles. The van der Waals surface area contributed by atoms with Gasteiger partial charge in [0.1, 0.15) is 0 Å². The van der Waals surface area contributed by atoms with Crippen LogP contribution in [0, 0.1) is 5.92 Å². The number of nitrogens with one attached hydrogen (secondary N) is 1. The highest BCUT2D eigenvalue weighted by Crippen LogP contribution is 2.28. The lowest BCUT2D eigenvalue weighted by atomic mass is 10.1. The van der Waals surface area contributed by atoms with Gasteiger partial charge in [-0.1, -0.05) is 34.1 Å². The second-order valence-electron chi connectivity index (χ2n) is 5.07. The van der Waals surface area contributed by atoms with Gasteiger partial charge < -0.3 is 10.1 Å². The smallest absolute Gasteiger partial charge is 0.0494 e. The Morgan fingerprint density at radius 1 is 1.39 bits per heavy atom. The summed E-state index contributed by atoms with van der Waals surface area (Å²) in [6.07, 6.45) is 3.83. The number of ether oxygens (including phenoxy) is 1. The first-order valence-electron chi connectivity index (χ1n) is 6.83. The number of halogens is 1. The summed E-state index contributed by atoms with van der Waals surface area (Å²) in [5, 5.41) is 3.53. The Morgan fingerprint density at radius 3 is 2.89 bits per heavy atom. The molecule has 18 heavy (non-hydrogen) atoms. The van der Waals surface area contributed by atoms with Crippen LogP contribution in [0.25, 0.3) is 0 Å². The first-order chi connectivity index (χ1) is 8.77. The molecular formula is C15H22BrNO. The van der Waals surface area contributed by atoms with Crippen LogP contribution in [0.2, 0.25) is 0 Å². The van der Waals surface area contributed by atoms with Gasteiger partial charge in [-0.2, -0.15) is 0 Å². The van der Waals surface area contributed by atoms with Gasteiger partial charge in [0.15, 0.2) is 0 Å². The standard InChI is InChI=1S/C15H22BrNO/c1-12(14-5-2-3-6-15(14)16)17-9-4-10-18-11-13-7-8-13/h2-3,5-6,12-13,17H,4,7-11H2,1H3. The summed E-state index contributed by atoms with van der Waals surface area (Å²) in [4.78, 5) is 0. The van der Waals surface area contributed by atoms with Crippen LogP contribution in [0.3, 0.4) is 0 Å². The zero-order chi connectivity index (χ0) is 12.8. The van der Waals surface area contributed by atoms with Gasteiger partial charge in [-0.3, -0.25) is 0 Å². The van der Waals surface area contributed by atoms with Crippen LogP contribution in [0.4, 0.5) is 0 Å². The van der Waals surface area contributed by atoms with E-state index in [1.165, 1.54) is 22.9 Å². The van der Waals surface area contributed by atoms with Crippen LogP contribution in [0.1, 0.15) is 37.8 Å². The van der Waals surface area contributed by atoms with E-state index in [4.69, 9.17) is 4.74 Å². The van der Waals surface area contributed by atoms with Gasteiger partial charge in [0.05, 0.1) is 0 Å². The first kappa shape index (κ1) is 14.0. The topological polar surface area (TPSA) is 21.3 Å². The summed E-state index contributed by atoms with van der Waals surface area (Å²) >= 11 is 3.59. The van der Waals surface area contributed by atoms with E-state index in [0.29, 0.717) is 6.04 Å². The van der Waals surface area contributed by atoms with Crippen molar-refractivity contribution < 1.29 is 4.74 Å². The summed E-state index contributed by atoms with van der Waals surface area (Å²) in [6, 6.07) is 8.75. The van der Waals surface area contributed by atoms with Gasteiger partial charge in [-0.05, 0) is 50.3 Å². The quantitative estimate of drug-likeness (QED) is 0.735. The highest BCUT2D eigenvalue weighted by molar-refractivity contribution is 9.10. The lowest BCUT2D eigenvalue weighted by molar-refractivity contribution is 0.121. The van der Waals surface area contributed by atoms with Gasteiger partial charge in [-0.15, -0.1) is 0 Å². The lowest BCUT2D eigenvalue weighted by Gasteiger charge is -2.15. The molecule has 1 atom stereocenters. The fourth-order valence-electron chi connectivity index (χ4n) is 1.96. The average Bonchev–Trinajstić information content (AvgIpc) is 3.18. The second-order valence-corrected chi connectivity index (χ2v) is 5.92.